The summed E-state index contributed by atoms with van der Waals surface area (Å²) in [4.78, 5) is 26.7. The number of aliphatic hydroxyl groups is 1. The number of rotatable bonds is 2. The summed E-state index contributed by atoms with van der Waals surface area (Å²) in [6.45, 7) is 16.0. The van der Waals surface area contributed by atoms with E-state index in [1.54, 1.807) is 0 Å². The number of hydrogen-bond donors (Lipinski definition) is 2. The number of aliphatic carboxylic acids is 1. The number of allylic oxidation sites excluding steroid dienone is 2. The van der Waals surface area contributed by atoms with E-state index in [0.717, 1.165) is 51.4 Å². The van der Waals surface area contributed by atoms with Crippen molar-refractivity contribution < 1.29 is 19.8 Å². The van der Waals surface area contributed by atoms with Crippen molar-refractivity contribution in [1.29, 1.82) is 0 Å². The number of carboxylic acids is 1. The molecule has 0 heterocycles. The van der Waals surface area contributed by atoms with Crippen LogP contribution in [-0.2, 0) is 9.59 Å². The molecular weight excluding hydrogens is 436 g/mol. The van der Waals surface area contributed by atoms with E-state index in [1.807, 2.05) is 13.0 Å². The maximum Gasteiger partial charge on any atom is 0.309 e. The second-order valence-corrected chi connectivity index (χ2v) is 15.0. The van der Waals surface area contributed by atoms with Crippen molar-refractivity contribution in [2.45, 2.75) is 119 Å². The van der Waals surface area contributed by atoms with Gasteiger partial charge in [-0.25, -0.2) is 0 Å². The number of hydrogen-bond acceptors (Lipinski definition) is 3. The molecule has 35 heavy (non-hydrogen) atoms. The Labute approximate surface area is 212 Å². The summed E-state index contributed by atoms with van der Waals surface area (Å²) in [7, 11) is 0. The van der Waals surface area contributed by atoms with E-state index in [4.69, 9.17) is 0 Å². The van der Waals surface area contributed by atoms with Crippen LogP contribution in [0.2, 0.25) is 0 Å². The number of carbonyl (C=O) groups is 2. The topological polar surface area (TPSA) is 74.6 Å². The smallest absolute Gasteiger partial charge is 0.309 e. The van der Waals surface area contributed by atoms with Gasteiger partial charge in [-0.3, -0.25) is 9.59 Å². The van der Waals surface area contributed by atoms with Crippen molar-refractivity contribution in [3.8, 4) is 0 Å². The third kappa shape index (κ3) is 3.01. The van der Waals surface area contributed by atoms with Gasteiger partial charge >= 0.3 is 5.97 Å². The summed E-state index contributed by atoms with van der Waals surface area (Å²) >= 11 is 0. The van der Waals surface area contributed by atoms with Crippen molar-refractivity contribution in [2.75, 3.05) is 0 Å². The van der Waals surface area contributed by atoms with E-state index in [-0.39, 0.29) is 50.8 Å². The van der Waals surface area contributed by atoms with E-state index < -0.39 is 11.4 Å². The highest BCUT2D eigenvalue weighted by Gasteiger charge is 2.70. The highest BCUT2D eigenvalue weighted by molar-refractivity contribution is 5.95. The molecule has 196 valence electrons. The zero-order chi connectivity index (χ0) is 25.8. The van der Waals surface area contributed by atoms with Crippen molar-refractivity contribution >= 4 is 11.8 Å². The molecule has 0 radical (unpaired) electrons. The zero-order valence-corrected chi connectivity index (χ0v) is 23.2. The molecular formula is C31H48O4. The van der Waals surface area contributed by atoms with Gasteiger partial charge in [0.25, 0.3) is 0 Å². The summed E-state index contributed by atoms with van der Waals surface area (Å²) in [5.74, 6) is 0.104. The molecule has 4 heteroatoms. The minimum atomic E-state index is -0.669. The van der Waals surface area contributed by atoms with Gasteiger partial charge in [-0.15, -0.1) is 0 Å². The van der Waals surface area contributed by atoms with Crippen molar-refractivity contribution in [3.05, 3.63) is 11.6 Å². The average molecular weight is 485 g/mol. The molecule has 0 amide bonds. The number of carbonyl (C=O) groups excluding carboxylic acids is 1. The Kier molecular flexibility index (Phi) is 5.43. The van der Waals surface area contributed by atoms with Crippen LogP contribution in [0.4, 0.5) is 0 Å². The van der Waals surface area contributed by atoms with Crippen LogP contribution < -0.4 is 0 Å². The molecule has 0 spiro atoms. The molecule has 0 aromatic rings. The molecule has 5 aliphatic rings. The Hall–Kier alpha value is -1.16. The molecule has 0 aromatic carbocycles. The zero-order valence-electron chi connectivity index (χ0n) is 23.2. The molecule has 4 fully saturated rings. The predicted molar refractivity (Wildman–Crippen MR) is 138 cm³/mol. The summed E-state index contributed by atoms with van der Waals surface area (Å²) < 4.78 is 0. The molecule has 0 aromatic heterocycles. The summed E-state index contributed by atoms with van der Waals surface area (Å²) in [6.07, 6.45) is 10.7. The maximum absolute atomic E-state index is 14.3. The van der Waals surface area contributed by atoms with Gasteiger partial charge in [0.1, 0.15) is 0 Å². The number of aliphatic hydroxyl groups excluding tert-OH is 1. The van der Waals surface area contributed by atoms with Crippen LogP contribution in [0.1, 0.15) is 113 Å². The fourth-order valence-corrected chi connectivity index (χ4v) is 10.7. The molecule has 5 aliphatic carbocycles. The Balaban J connectivity index is 1.62. The largest absolute Gasteiger partial charge is 0.481 e. The molecule has 4 nitrogen and oxygen atoms in total. The van der Waals surface area contributed by atoms with Gasteiger partial charge in [0, 0.05) is 5.92 Å². The third-order valence-electron chi connectivity index (χ3n) is 13.6. The SMILES string of the molecule is CC[C@]1(C(=O)O)CC[C@]2(C)CCC3(C)C(=CC(=O)C4[C@@]5(C)CC[C@H](O)C(C)(C)C5CC[C@]43C)[C@@H]2C1. The highest BCUT2D eigenvalue weighted by Crippen LogP contribution is 2.75. The Morgan fingerprint density at radius 3 is 2.26 bits per heavy atom. The lowest BCUT2D eigenvalue weighted by atomic mass is 9.33. The minimum absolute atomic E-state index is 0.0300. The lowest BCUT2D eigenvalue weighted by molar-refractivity contribution is -0.202. The quantitative estimate of drug-likeness (QED) is 0.452. The van der Waals surface area contributed by atoms with E-state index in [1.165, 1.54) is 5.57 Å². The molecule has 3 unspecified atom stereocenters. The molecule has 2 N–H and O–H groups in total. The average Bonchev–Trinajstić information content (AvgIpc) is 2.78. The fraction of sp³-hybridized carbons (Fsp3) is 0.871. The van der Waals surface area contributed by atoms with Crippen LogP contribution in [0.3, 0.4) is 0 Å². The van der Waals surface area contributed by atoms with Crippen LogP contribution in [0.25, 0.3) is 0 Å². The van der Waals surface area contributed by atoms with Crippen LogP contribution in [-0.4, -0.2) is 28.1 Å². The second-order valence-electron chi connectivity index (χ2n) is 15.0. The Morgan fingerprint density at radius 1 is 0.971 bits per heavy atom. The van der Waals surface area contributed by atoms with Crippen LogP contribution in [0.5, 0.6) is 0 Å². The first kappa shape index (κ1) is 25.5. The monoisotopic (exact) mass is 484 g/mol. The van der Waals surface area contributed by atoms with Crippen molar-refractivity contribution in [3.63, 3.8) is 0 Å². The van der Waals surface area contributed by atoms with E-state index in [0.29, 0.717) is 18.8 Å². The molecule has 0 bridgehead atoms. The van der Waals surface area contributed by atoms with Crippen molar-refractivity contribution in [1.82, 2.24) is 0 Å². The molecule has 0 aliphatic heterocycles. The minimum Gasteiger partial charge on any atom is -0.481 e. The predicted octanol–water partition coefficient (Wildman–Crippen LogP) is 6.80. The molecule has 4 saturated carbocycles. The first-order chi connectivity index (χ1) is 16.1. The number of carboxylic acid groups (broad SMARTS) is 1. The standard InChI is InChI=1S/C31H48O4/c1-8-31(25(34)35)16-14-27(4)13-15-29(6)19(20(27)18-31)17-21(32)24-28(5)11-10-23(33)26(2,3)22(28)9-12-30(24,29)7/h17,20,22-24,33H,8-16,18H2,1-7H3,(H,34,35)/t20-,22?,23-,24?,27-,28-,29?,30+,31-/m0/s1. The molecule has 0 saturated heterocycles. The van der Waals surface area contributed by atoms with Crippen molar-refractivity contribution in [2.24, 2.45) is 50.2 Å². The summed E-state index contributed by atoms with van der Waals surface area (Å²) in [5.41, 5.74) is 0.188. The number of ketones is 1. The molecule has 5 rings (SSSR count). The highest BCUT2D eigenvalue weighted by atomic mass is 16.4. The van der Waals surface area contributed by atoms with Crippen LogP contribution in [0, 0.1) is 50.2 Å². The number of fused-ring (bicyclic) bond motifs is 7. The molecule has 9 atom stereocenters. The normalized spacial score (nSPS) is 52.9. The van der Waals surface area contributed by atoms with E-state index in [9.17, 15) is 19.8 Å². The van der Waals surface area contributed by atoms with Gasteiger partial charge < -0.3 is 10.2 Å². The lowest BCUT2D eigenvalue weighted by Gasteiger charge is -2.70. The van der Waals surface area contributed by atoms with Gasteiger partial charge in [-0.05, 0) is 109 Å². The second kappa shape index (κ2) is 7.45. The fourth-order valence-electron chi connectivity index (χ4n) is 10.7. The Morgan fingerprint density at radius 2 is 1.63 bits per heavy atom. The van der Waals surface area contributed by atoms with E-state index in [2.05, 4.69) is 41.5 Å². The maximum atomic E-state index is 14.3. The Bertz CT molecular complexity index is 980. The third-order valence-corrected chi connectivity index (χ3v) is 13.6. The van der Waals surface area contributed by atoms with Gasteiger partial charge in [-0.2, -0.15) is 0 Å². The van der Waals surface area contributed by atoms with Crippen LogP contribution >= 0.6 is 0 Å². The van der Waals surface area contributed by atoms with E-state index >= 15 is 0 Å². The van der Waals surface area contributed by atoms with Gasteiger partial charge in [0.15, 0.2) is 5.78 Å². The first-order valence-corrected chi connectivity index (χ1v) is 14.3. The van der Waals surface area contributed by atoms with Gasteiger partial charge in [0.2, 0.25) is 0 Å². The van der Waals surface area contributed by atoms with Gasteiger partial charge in [0.05, 0.1) is 11.5 Å². The summed E-state index contributed by atoms with van der Waals surface area (Å²) in [6, 6.07) is 0. The van der Waals surface area contributed by atoms with Gasteiger partial charge in [-0.1, -0.05) is 54.0 Å². The summed E-state index contributed by atoms with van der Waals surface area (Å²) in [5, 5.41) is 21.1. The lowest BCUT2D eigenvalue weighted by Crippen LogP contribution is -2.66. The van der Waals surface area contributed by atoms with Crippen LogP contribution in [0.15, 0.2) is 11.6 Å². The first-order valence-electron chi connectivity index (χ1n) is 14.3.